The van der Waals surface area contributed by atoms with Crippen LogP contribution in [0.15, 0.2) is 30.7 Å². The molecule has 2 N–H and O–H groups in total. The van der Waals surface area contributed by atoms with E-state index in [1.807, 2.05) is 36.9 Å². The van der Waals surface area contributed by atoms with Crippen LogP contribution in [0.1, 0.15) is 24.2 Å². The standard InChI is InChI=1S/C11H14N4/c1-8(12)11-7-14-15(9(11)2)10-3-5-13-6-4-10/h3-8H,12H2,1-2H3. The fourth-order valence-electron chi connectivity index (χ4n) is 1.61. The van der Waals surface area contributed by atoms with Crippen molar-refractivity contribution in [1.82, 2.24) is 14.8 Å². The molecule has 15 heavy (non-hydrogen) atoms. The van der Waals surface area contributed by atoms with Crippen LogP contribution in [0.3, 0.4) is 0 Å². The Morgan fingerprint density at radius 2 is 2.00 bits per heavy atom. The Hall–Kier alpha value is -1.68. The molecular formula is C11H14N4. The summed E-state index contributed by atoms with van der Waals surface area (Å²) in [6, 6.07) is 3.86. The molecule has 4 heteroatoms. The molecule has 2 aromatic heterocycles. The number of hydrogen-bond donors (Lipinski definition) is 1. The maximum Gasteiger partial charge on any atom is 0.0679 e. The third kappa shape index (κ3) is 1.76. The van der Waals surface area contributed by atoms with E-state index < -0.39 is 0 Å². The number of aromatic nitrogens is 3. The van der Waals surface area contributed by atoms with Crippen LogP contribution >= 0.6 is 0 Å². The Morgan fingerprint density at radius 1 is 1.33 bits per heavy atom. The summed E-state index contributed by atoms with van der Waals surface area (Å²) in [4.78, 5) is 3.98. The molecule has 0 saturated heterocycles. The van der Waals surface area contributed by atoms with E-state index in [0.29, 0.717) is 0 Å². The summed E-state index contributed by atoms with van der Waals surface area (Å²) in [7, 11) is 0. The molecule has 2 rings (SSSR count). The first-order chi connectivity index (χ1) is 7.20. The van der Waals surface area contributed by atoms with E-state index in [4.69, 9.17) is 5.73 Å². The SMILES string of the molecule is Cc1c(C(C)N)cnn1-c1ccncc1. The van der Waals surface area contributed by atoms with Crippen molar-refractivity contribution in [2.75, 3.05) is 0 Å². The van der Waals surface area contributed by atoms with Gasteiger partial charge in [-0.2, -0.15) is 5.10 Å². The first kappa shape index (κ1) is 9.86. The second-order valence-corrected chi connectivity index (χ2v) is 3.59. The molecule has 0 aromatic carbocycles. The smallest absolute Gasteiger partial charge is 0.0679 e. The van der Waals surface area contributed by atoms with E-state index in [9.17, 15) is 0 Å². The normalized spacial score (nSPS) is 12.7. The van der Waals surface area contributed by atoms with E-state index in [1.54, 1.807) is 12.4 Å². The van der Waals surface area contributed by atoms with Gasteiger partial charge in [0.2, 0.25) is 0 Å². The zero-order valence-corrected chi connectivity index (χ0v) is 8.88. The Bertz CT molecular complexity index is 445. The van der Waals surface area contributed by atoms with Crippen molar-refractivity contribution in [3.05, 3.63) is 42.0 Å². The maximum absolute atomic E-state index is 5.84. The fraction of sp³-hybridized carbons (Fsp3) is 0.273. The van der Waals surface area contributed by atoms with Gasteiger partial charge >= 0.3 is 0 Å². The van der Waals surface area contributed by atoms with Gasteiger partial charge in [-0.15, -0.1) is 0 Å². The van der Waals surface area contributed by atoms with E-state index in [-0.39, 0.29) is 6.04 Å². The Balaban J connectivity index is 2.47. The molecule has 0 radical (unpaired) electrons. The molecule has 78 valence electrons. The molecule has 2 aromatic rings. The minimum Gasteiger partial charge on any atom is -0.324 e. The minimum atomic E-state index is 0.0144. The van der Waals surface area contributed by atoms with Crippen LogP contribution in [-0.4, -0.2) is 14.8 Å². The molecule has 0 fully saturated rings. The lowest BCUT2D eigenvalue weighted by atomic mass is 10.1. The largest absolute Gasteiger partial charge is 0.324 e. The Morgan fingerprint density at radius 3 is 2.53 bits per heavy atom. The van der Waals surface area contributed by atoms with Gasteiger partial charge < -0.3 is 5.73 Å². The summed E-state index contributed by atoms with van der Waals surface area (Å²) in [5.74, 6) is 0. The van der Waals surface area contributed by atoms with Gasteiger partial charge in [0.1, 0.15) is 0 Å². The molecule has 1 atom stereocenters. The number of nitrogens with two attached hydrogens (primary N) is 1. The topological polar surface area (TPSA) is 56.7 Å². The highest BCUT2D eigenvalue weighted by Crippen LogP contribution is 2.17. The van der Waals surface area contributed by atoms with Gasteiger partial charge in [0.25, 0.3) is 0 Å². The molecule has 4 nitrogen and oxygen atoms in total. The van der Waals surface area contributed by atoms with Crippen molar-refractivity contribution in [2.45, 2.75) is 19.9 Å². The predicted molar refractivity (Wildman–Crippen MR) is 58.7 cm³/mol. The second kappa shape index (κ2) is 3.82. The molecule has 0 spiro atoms. The summed E-state index contributed by atoms with van der Waals surface area (Å²) in [5, 5.41) is 4.32. The van der Waals surface area contributed by atoms with Gasteiger partial charge in [0.05, 0.1) is 11.9 Å². The average Bonchev–Trinajstić information content (AvgIpc) is 2.61. The third-order valence-electron chi connectivity index (χ3n) is 2.45. The molecule has 1 unspecified atom stereocenters. The van der Waals surface area contributed by atoms with Crippen LogP contribution in [0.25, 0.3) is 5.69 Å². The zero-order valence-electron chi connectivity index (χ0n) is 8.88. The summed E-state index contributed by atoms with van der Waals surface area (Å²) < 4.78 is 1.88. The van der Waals surface area contributed by atoms with Gasteiger partial charge in [0.15, 0.2) is 0 Å². The molecule has 2 heterocycles. The van der Waals surface area contributed by atoms with Crippen molar-refractivity contribution in [2.24, 2.45) is 5.73 Å². The molecule has 0 aliphatic carbocycles. The van der Waals surface area contributed by atoms with Crippen LogP contribution in [0.4, 0.5) is 0 Å². The van der Waals surface area contributed by atoms with Gasteiger partial charge in [-0.3, -0.25) is 4.98 Å². The lowest BCUT2D eigenvalue weighted by Crippen LogP contribution is -2.07. The fourth-order valence-corrected chi connectivity index (χ4v) is 1.61. The lowest BCUT2D eigenvalue weighted by molar-refractivity contribution is 0.796. The lowest BCUT2D eigenvalue weighted by Gasteiger charge is -2.06. The summed E-state index contributed by atoms with van der Waals surface area (Å²) in [6.45, 7) is 3.98. The third-order valence-corrected chi connectivity index (χ3v) is 2.45. The molecule has 0 aliphatic rings. The number of pyridine rings is 1. The number of nitrogens with zero attached hydrogens (tertiary/aromatic N) is 3. The zero-order chi connectivity index (χ0) is 10.8. The molecule has 0 amide bonds. The Kier molecular flexibility index (Phi) is 2.51. The monoisotopic (exact) mass is 202 g/mol. The summed E-state index contributed by atoms with van der Waals surface area (Å²) in [5.41, 5.74) is 9.00. The van der Waals surface area contributed by atoms with Crippen molar-refractivity contribution >= 4 is 0 Å². The van der Waals surface area contributed by atoms with Gasteiger partial charge in [-0.05, 0) is 26.0 Å². The number of hydrogen-bond acceptors (Lipinski definition) is 3. The minimum absolute atomic E-state index is 0.0144. The Labute approximate surface area is 88.8 Å². The highest BCUT2D eigenvalue weighted by molar-refractivity contribution is 5.33. The van der Waals surface area contributed by atoms with E-state index in [1.165, 1.54) is 0 Å². The second-order valence-electron chi connectivity index (χ2n) is 3.59. The highest BCUT2D eigenvalue weighted by Gasteiger charge is 2.10. The maximum atomic E-state index is 5.84. The highest BCUT2D eigenvalue weighted by atomic mass is 15.3. The van der Waals surface area contributed by atoms with E-state index in [2.05, 4.69) is 10.1 Å². The molecular weight excluding hydrogens is 188 g/mol. The first-order valence-corrected chi connectivity index (χ1v) is 4.90. The van der Waals surface area contributed by atoms with E-state index >= 15 is 0 Å². The first-order valence-electron chi connectivity index (χ1n) is 4.90. The van der Waals surface area contributed by atoms with Crippen LogP contribution < -0.4 is 5.73 Å². The molecule has 0 saturated carbocycles. The van der Waals surface area contributed by atoms with Crippen LogP contribution in [-0.2, 0) is 0 Å². The van der Waals surface area contributed by atoms with Crippen LogP contribution in [0.2, 0.25) is 0 Å². The van der Waals surface area contributed by atoms with E-state index in [0.717, 1.165) is 16.9 Å². The summed E-state index contributed by atoms with van der Waals surface area (Å²) >= 11 is 0. The van der Waals surface area contributed by atoms with Crippen LogP contribution in [0, 0.1) is 6.92 Å². The number of rotatable bonds is 2. The predicted octanol–water partition coefficient (Wildman–Crippen LogP) is 1.60. The van der Waals surface area contributed by atoms with Gasteiger partial charge in [-0.1, -0.05) is 0 Å². The van der Waals surface area contributed by atoms with Crippen molar-refractivity contribution < 1.29 is 0 Å². The van der Waals surface area contributed by atoms with Crippen molar-refractivity contribution in [1.29, 1.82) is 0 Å². The van der Waals surface area contributed by atoms with Crippen molar-refractivity contribution in [3.8, 4) is 5.69 Å². The van der Waals surface area contributed by atoms with Gasteiger partial charge in [-0.25, -0.2) is 4.68 Å². The average molecular weight is 202 g/mol. The van der Waals surface area contributed by atoms with Crippen LogP contribution in [0.5, 0.6) is 0 Å². The van der Waals surface area contributed by atoms with Gasteiger partial charge in [0, 0.05) is 29.7 Å². The molecule has 0 bridgehead atoms. The molecule has 0 aliphatic heterocycles. The quantitative estimate of drug-likeness (QED) is 0.804. The van der Waals surface area contributed by atoms with Crippen molar-refractivity contribution in [3.63, 3.8) is 0 Å². The summed E-state index contributed by atoms with van der Waals surface area (Å²) in [6.07, 6.45) is 5.32.